The summed E-state index contributed by atoms with van der Waals surface area (Å²) in [6.45, 7) is 0.241. The molecule has 3 rings (SSSR count). The molecule has 0 unspecified atom stereocenters. The van der Waals surface area contributed by atoms with Crippen molar-refractivity contribution in [2.75, 3.05) is 0 Å². The van der Waals surface area contributed by atoms with Crippen LogP contribution < -0.4 is 10.9 Å². The number of nitrogens with one attached hydrogen (secondary N) is 1. The molecule has 1 saturated carbocycles. The van der Waals surface area contributed by atoms with Gasteiger partial charge in [0.15, 0.2) is 0 Å². The van der Waals surface area contributed by atoms with Crippen LogP contribution in [-0.4, -0.2) is 32.3 Å². The summed E-state index contributed by atoms with van der Waals surface area (Å²) in [5, 5.41) is 16.4. The van der Waals surface area contributed by atoms with Crippen molar-refractivity contribution < 1.29 is 14.7 Å². The number of carboxylic acid groups (broad SMARTS) is 1. The zero-order valence-electron chi connectivity index (χ0n) is 14.4. The Morgan fingerprint density at radius 2 is 1.77 bits per heavy atom. The average molecular weight is 355 g/mol. The lowest BCUT2D eigenvalue weighted by molar-refractivity contribution is -0.145. The van der Waals surface area contributed by atoms with E-state index in [9.17, 15) is 19.5 Å². The quantitative estimate of drug-likeness (QED) is 0.852. The molecule has 0 radical (unpaired) electrons. The van der Waals surface area contributed by atoms with Crippen molar-refractivity contribution in [1.82, 2.24) is 15.1 Å². The molecule has 7 nitrogen and oxygen atoms in total. The van der Waals surface area contributed by atoms with Crippen LogP contribution >= 0.6 is 0 Å². The number of hydrogen-bond donors (Lipinski definition) is 2. The Hall–Kier alpha value is -2.96. The van der Waals surface area contributed by atoms with Crippen molar-refractivity contribution >= 4 is 11.9 Å². The molecule has 26 heavy (non-hydrogen) atoms. The van der Waals surface area contributed by atoms with Gasteiger partial charge in [-0.15, -0.1) is 0 Å². The maximum atomic E-state index is 12.6. The van der Waals surface area contributed by atoms with Gasteiger partial charge in [0.1, 0.15) is 11.2 Å². The van der Waals surface area contributed by atoms with Gasteiger partial charge in [-0.25, -0.2) is 9.48 Å². The van der Waals surface area contributed by atoms with Crippen molar-refractivity contribution in [1.29, 1.82) is 0 Å². The third-order valence-electron chi connectivity index (χ3n) is 4.74. The Bertz CT molecular complexity index is 855. The van der Waals surface area contributed by atoms with Crippen LogP contribution in [0.1, 0.15) is 48.2 Å². The van der Waals surface area contributed by atoms with Crippen molar-refractivity contribution in [3.63, 3.8) is 0 Å². The summed E-state index contributed by atoms with van der Waals surface area (Å²) >= 11 is 0. The minimum absolute atomic E-state index is 0.0340. The van der Waals surface area contributed by atoms with E-state index in [1.54, 1.807) is 0 Å². The van der Waals surface area contributed by atoms with E-state index in [0.29, 0.717) is 12.8 Å². The number of carbonyl (C=O) groups is 2. The molecule has 2 aromatic rings. The SMILES string of the molecule is O=C(NC1(C(=O)O)CCCCC1)c1ccc(=O)n(Cc2ccccc2)n1. The molecule has 1 heterocycles. The van der Waals surface area contributed by atoms with Crippen LogP contribution in [0.25, 0.3) is 0 Å². The van der Waals surface area contributed by atoms with E-state index in [2.05, 4.69) is 10.4 Å². The number of aliphatic carboxylic acids is 1. The Labute approximate surface area is 150 Å². The van der Waals surface area contributed by atoms with Gasteiger partial charge in [0.2, 0.25) is 0 Å². The monoisotopic (exact) mass is 355 g/mol. The Morgan fingerprint density at radius 1 is 1.08 bits per heavy atom. The Kier molecular flexibility index (Phi) is 5.16. The number of carbonyl (C=O) groups excluding carboxylic acids is 1. The lowest BCUT2D eigenvalue weighted by Gasteiger charge is -2.33. The average Bonchev–Trinajstić information content (AvgIpc) is 2.65. The van der Waals surface area contributed by atoms with Gasteiger partial charge in [0.25, 0.3) is 11.5 Å². The molecule has 0 aliphatic heterocycles. The number of rotatable bonds is 5. The number of nitrogens with zero attached hydrogens (tertiary/aromatic N) is 2. The van der Waals surface area contributed by atoms with Crippen LogP contribution in [0.4, 0.5) is 0 Å². The minimum Gasteiger partial charge on any atom is -0.480 e. The summed E-state index contributed by atoms with van der Waals surface area (Å²) in [5.74, 6) is -1.60. The van der Waals surface area contributed by atoms with Crippen molar-refractivity contribution in [2.45, 2.75) is 44.2 Å². The molecule has 0 atom stereocenters. The summed E-state index contributed by atoms with van der Waals surface area (Å²) in [6.07, 6.45) is 3.28. The smallest absolute Gasteiger partial charge is 0.329 e. The number of carboxylic acids is 1. The van der Waals surface area contributed by atoms with E-state index in [4.69, 9.17) is 0 Å². The van der Waals surface area contributed by atoms with E-state index in [-0.39, 0.29) is 17.8 Å². The largest absolute Gasteiger partial charge is 0.480 e. The number of benzene rings is 1. The predicted molar refractivity (Wildman–Crippen MR) is 95.0 cm³/mol. The molecule has 0 spiro atoms. The van der Waals surface area contributed by atoms with Gasteiger partial charge in [-0.3, -0.25) is 9.59 Å². The number of hydrogen-bond acceptors (Lipinski definition) is 4. The molecule has 1 fully saturated rings. The zero-order chi connectivity index (χ0) is 18.6. The summed E-state index contributed by atoms with van der Waals surface area (Å²) in [5.41, 5.74) is -0.658. The predicted octanol–water partition coefficient (Wildman–Crippen LogP) is 1.81. The van der Waals surface area contributed by atoms with E-state index < -0.39 is 17.4 Å². The number of amides is 1. The second-order valence-corrected chi connectivity index (χ2v) is 6.60. The lowest BCUT2D eigenvalue weighted by Crippen LogP contribution is -2.55. The summed E-state index contributed by atoms with van der Waals surface area (Å²) < 4.78 is 1.21. The van der Waals surface area contributed by atoms with E-state index in [0.717, 1.165) is 24.8 Å². The van der Waals surface area contributed by atoms with Crippen LogP contribution in [0.5, 0.6) is 0 Å². The summed E-state index contributed by atoms with van der Waals surface area (Å²) in [4.78, 5) is 36.3. The highest BCUT2D eigenvalue weighted by atomic mass is 16.4. The van der Waals surface area contributed by atoms with Crippen LogP contribution in [0.3, 0.4) is 0 Å². The first kappa shape index (κ1) is 17.8. The fraction of sp³-hybridized carbons (Fsp3) is 0.368. The highest BCUT2D eigenvalue weighted by Crippen LogP contribution is 2.28. The summed E-state index contributed by atoms with van der Waals surface area (Å²) in [7, 11) is 0. The van der Waals surface area contributed by atoms with Gasteiger partial charge in [0, 0.05) is 6.07 Å². The molecule has 2 N–H and O–H groups in total. The Morgan fingerprint density at radius 3 is 2.42 bits per heavy atom. The van der Waals surface area contributed by atoms with Gasteiger partial charge in [-0.1, -0.05) is 49.6 Å². The zero-order valence-corrected chi connectivity index (χ0v) is 14.4. The molecule has 1 amide bonds. The van der Waals surface area contributed by atoms with Gasteiger partial charge in [-0.05, 0) is 24.5 Å². The van der Waals surface area contributed by atoms with Crippen LogP contribution in [0.15, 0.2) is 47.3 Å². The third-order valence-corrected chi connectivity index (χ3v) is 4.74. The van der Waals surface area contributed by atoms with Gasteiger partial charge >= 0.3 is 5.97 Å². The molecule has 136 valence electrons. The van der Waals surface area contributed by atoms with Gasteiger partial charge in [0.05, 0.1) is 6.54 Å². The number of aromatic nitrogens is 2. The summed E-state index contributed by atoms with van der Waals surface area (Å²) in [6, 6.07) is 11.9. The van der Waals surface area contributed by atoms with E-state index >= 15 is 0 Å². The van der Waals surface area contributed by atoms with Crippen molar-refractivity contribution in [2.24, 2.45) is 0 Å². The lowest BCUT2D eigenvalue weighted by atomic mass is 9.81. The molecule has 1 aliphatic carbocycles. The standard InChI is InChI=1S/C19H21N3O4/c23-16-10-9-15(21-22(16)13-14-7-3-1-4-8-14)17(24)20-19(18(25)26)11-5-2-6-12-19/h1,3-4,7-10H,2,5-6,11-13H2,(H,20,24)(H,25,26). The van der Waals surface area contributed by atoms with Crippen LogP contribution in [0, 0.1) is 0 Å². The first-order valence-corrected chi connectivity index (χ1v) is 8.68. The topological polar surface area (TPSA) is 101 Å². The molecular formula is C19H21N3O4. The second kappa shape index (κ2) is 7.51. The van der Waals surface area contributed by atoms with Gasteiger partial charge < -0.3 is 10.4 Å². The highest BCUT2D eigenvalue weighted by Gasteiger charge is 2.41. The van der Waals surface area contributed by atoms with E-state index in [1.807, 2.05) is 30.3 Å². The van der Waals surface area contributed by atoms with Crippen molar-refractivity contribution in [3.8, 4) is 0 Å². The molecule has 1 aromatic carbocycles. The van der Waals surface area contributed by atoms with E-state index in [1.165, 1.54) is 16.8 Å². The molecule has 1 aliphatic rings. The maximum Gasteiger partial charge on any atom is 0.329 e. The fourth-order valence-electron chi connectivity index (χ4n) is 3.27. The first-order valence-electron chi connectivity index (χ1n) is 8.68. The second-order valence-electron chi connectivity index (χ2n) is 6.60. The molecule has 1 aromatic heterocycles. The van der Waals surface area contributed by atoms with Crippen LogP contribution in [-0.2, 0) is 11.3 Å². The van der Waals surface area contributed by atoms with Crippen molar-refractivity contribution in [3.05, 3.63) is 64.1 Å². The fourth-order valence-corrected chi connectivity index (χ4v) is 3.27. The minimum atomic E-state index is -1.25. The first-order chi connectivity index (χ1) is 12.5. The van der Waals surface area contributed by atoms with Crippen LogP contribution in [0.2, 0.25) is 0 Å². The molecule has 0 saturated heterocycles. The molecular weight excluding hydrogens is 334 g/mol. The molecule has 0 bridgehead atoms. The highest BCUT2D eigenvalue weighted by molar-refractivity contribution is 5.96. The normalized spacial score (nSPS) is 16.0. The maximum absolute atomic E-state index is 12.6. The molecule has 7 heteroatoms. The Balaban J connectivity index is 1.82. The van der Waals surface area contributed by atoms with Gasteiger partial charge in [-0.2, -0.15) is 5.10 Å². The third kappa shape index (κ3) is 3.82.